The summed E-state index contributed by atoms with van der Waals surface area (Å²) in [6.07, 6.45) is 0. The molecule has 28 aromatic rings. The van der Waals surface area contributed by atoms with Gasteiger partial charge in [-0.2, -0.15) is 0 Å². The van der Waals surface area contributed by atoms with Crippen LogP contribution in [0.3, 0.4) is 0 Å². The van der Waals surface area contributed by atoms with Gasteiger partial charge in [-0.1, -0.05) is 291 Å². The first kappa shape index (κ1) is 70.1. The predicted octanol–water partition coefficient (Wildman–Crippen LogP) is 31.2. The highest BCUT2D eigenvalue weighted by Gasteiger charge is 2.27. The van der Waals surface area contributed by atoms with Crippen LogP contribution in [0.5, 0.6) is 0 Å². The smallest absolute Gasteiger partial charge is 0.161 e. The third-order valence-electron chi connectivity index (χ3n) is 26.2. The molecule has 0 atom stereocenters. The summed E-state index contributed by atoms with van der Waals surface area (Å²) in [6, 6.07) is 149. The number of nitrogens with zero attached hydrogens (tertiary/aromatic N) is 8. The zero-order valence-electron chi connectivity index (χ0n) is 67.7. The van der Waals surface area contributed by atoms with Gasteiger partial charge in [-0.05, 0) is 143 Å². The maximum atomic E-state index is 6.31. The summed E-state index contributed by atoms with van der Waals surface area (Å²) >= 11 is 1.82. The lowest BCUT2D eigenvalue weighted by Crippen LogP contribution is -1.99. The maximum absolute atomic E-state index is 6.31. The number of rotatable bonds is 8. The molecule has 0 spiro atoms. The summed E-state index contributed by atoms with van der Waals surface area (Å²) in [5.41, 5.74) is 23.5. The van der Waals surface area contributed by atoms with E-state index in [1.54, 1.807) is 0 Å². The van der Waals surface area contributed by atoms with Gasteiger partial charge in [-0.15, -0.1) is 11.3 Å². The standard InChI is InChI=1S/C58H34N4O.C58H34N4S/c1-2-17-37-36(16-1)41(57-42-21-3-8-24-47(42)59-58(60-57)44-23-14-30-55-56(44)43-22-7-12-29-54(43)63-55)31-32-52(37)62-50-27-11-6-20-40(50)46-33-35-15-13-28-51(45(35)34-53(46)62)61-48-25-9-4-18-38(48)39-19-5-10-26-49(39)61;1-6-25-47-42(19-1)57(60-58(59-47)44-24-14-32-55-56(44)43-20-5-10-31-54(43)63-55)41-23-12-22-37-36(41)21-13-30-51(37)62-50-28-9-4-18-40(50)46-33-35-15-11-29-52(45(35)34-53(46)62)61-48-26-7-2-16-38(48)39-17-3-8-27-49(39)61/h2*1-34H. The zero-order valence-corrected chi connectivity index (χ0v) is 68.5. The molecule has 0 aliphatic carbocycles. The first-order chi connectivity index (χ1) is 62.5. The van der Waals surface area contributed by atoms with Crippen LogP contribution in [0.2, 0.25) is 0 Å². The van der Waals surface area contributed by atoms with Crippen molar-refractivity contribution in [1.29, 1.82) is 0 Å². The molecule has 0 aliphatic rings. The van der Waals surface area contributed by atoms with Gasteiger partial charge in [-0.3, -0.25) is 0 Å². The number of para-hydroxylation sites is 9. The number of furan rings is 1. The molecule has 0 saturated heterocycles. The van der Waals surface area contributed by atoms with E-state index in [9.17, 15) is 0 Å². The average molecular weight is 1620 g/mol. The minimum atomic E-state index is 0.669. The van der Waals surface area contributed by atoms with Gasteiger partial charge in [0.1, 0.15) is 11.2 Å². The van der Waals surface area contributed by atoms with Crippen LogP contribution in [-0.4, -0.2) is 38.2 Å². The Kier molecular flexibility index (Phi) is 15.3. The van der Waals surface area contributed by atoms with E-state index in [0.29, 0.717) is 5.82 Å². The summed E-state index contributed by atoms with van der Waals surface area (Å²) in [7, 11) is 0. The summed E-state index contributed by atoms with van der Waals surface area (Å²) in [6.45, 7) is 0. The molecular formula is C116H68N8OS. The van der Waals surface area contributed by atoms with Crippen LogP contribution < -0.4 is 0 Å². The van der Waals surface area contributed by atoms with Gasteiger partial charge < -0.3 is 22.7 Å². The molecule has 0 bridgehead atoms. The monoisotopic (exact) mass is 1620 g/mol. The fraction of sp³-hybridized carbons (Fsp3) is 0. The van der Waals surface area contributed by atoms with Gasteiger partial charge in [0.2, 0.25) is 0 Å². The lowest BCUT2D eigenvalue weighted by Gasteiger charge is -2.17. The van der Waals surface area contributed by atoms with Gasteiger partial charge >= 0.3 is 0 Å². The zero-order chi connectivity index (χ0) is 82.3. The number of aromatic nitrogens is 8. The number of hydrogen-bond donors (Lipinski definition) is 0. The maximum Gasteiger partial charge on any atom is 0.161 e. The minimum Gasteiger partial charge on any atom is -0.456 e. The Morgan fingerprint density at radius 3 is 1.05 bits per heavy atom. The van der Waals surface area contributed by atoms with Gasteiger partial charge in [0.15, 0.2) is 11.6 Å². The molecular weight excluding hydrogens is 1550 g/mol. The molecule has 0 saturated carbocycles. The van der Waals surface area contributed by atoms with Crippen LogP contribution in [0.4, 0.5) is 0 Å². The van der Waals surface area contributed by atoms with Crippen molar-refractivity contribution in [2.24, 2.45) is 0 Å². The molecule has 0 radical (unpaired) electrons. The SMILES string of the molecule is c1cc(-n2c3ccccc3c3ccccc32)c2cc3c(cc2c1)c1ccccc1n3-c1ccc(-c2nc(-c3cccc4oc5ccccc5c34)nc3ccccc23)c2ccccc12.c1cc(-n2c3ccccc3c3ccccc32)c2cc3c(cc2c1)c1ccccc1n3-c1cccc2c(-c3nc(-c4cccc5sc6ccccc6c45)nc4ccccc34)cccc12. The fourth-order valence-electron chi connectivity index (χ4n) is 20.8. The second-order valence-electron chi connectivity index (χ2n) is 32.9. The van der Waals surface area contributed by atoms with Gasteiger partial charge in [0, 0.05) is 129 Å². The minimum absolute atomic E-state index is 0.669. The Hall–Kier alpha value is -16.7. The third kappa shape index (κ3) is 10.4. The Balaban J connectivity index is 0.000000131. The number of benzene rings is 20. The van der Waals surface area contributed by atoms with Crippen LogP contribution >= 0.6 is 11.3 Å². The predicted molar refractivity (Wildman–Crippen MR) is 528 cm³/mol. The highest BCUT2D eigenvalue weighted by Crippen LogP contribution is 2.48. The number of hydrogen-bond acceptors (Lipinski definition) is 6. The van der Waals surface area contributed by atoms with Crippen LogP contribution in [0.1, 0.15) is 0 Å². The third-order valence-corrected chi connectivity index (χ3v) is 27.4. The Labute approximate surface area is 723 Å². The molecule has 20 aromatic carbocycles. The molecule has 10 heteroatoms. The van der Waals surface area contributed by atoms with E-state index in [4.69, 9.17) is 24.4 Å². The lowest BCUT2D eigenvalue weighted by atomic mass is 9.97. The topological polar surface area (TPSA) is 84.4 Å². The van der Waals surface area contributed by atoms with E-state index in [1.165, 1.54) is 124 Å². The van der Waals surface area contributed by atoms with E-state index in [2.05, 4.69) is 407 Å². The van der Waals surface area contributed by atoms with Crippen molar-refractivity contribution < 1.29 is 4.42 Å². The molecule has 0 aliphatic heterocycles. The van der Waals surface area contributed by atoms with Crippen molar-refractivity contribution in [1.82, 2.24) is 38.2 Å². The van der Waals surface area contributed by atoms with E-state index in [-0.39, 0.29) is 0 Å². The molecule has 126 heavy (non-hydrogen) atoms. The quantitative estimate of drug-likeness (QED) is 0.151. The summed E-state index contributed by atoms with van der Waals surface area (Å²) in [5, 5.41) is 25.8. The molecule has 8 heterocycles. The second-order valence-corrected chi connectivity index (χ2v) is 34.0. The van der Waals surface area contributed by atoms with Crippen LogP contribution in [0, 0.1) is 0 Å². The molecule has 8 aromatic heterocycles. The van der Waals surface area contributed by atoms with Crippen molar-refractivity contribution in [2.45, 2.75) is 0 Å². The number of fused-ring (bicyclic) bond motifs is 24. The number of thiophene rings is 1. The van der Waals surface area contributed by atoms with E-state index >= 15 is 0 Å². The van der Waals surface area contributed by atoms with Gasteiger partial charge in [-0.25, -0.2) is 19.9 Å². The van der Waals surface area contributed by atoms with E-state index in [1.807, 2.05) is 35.6 Å². The largest absolute Gasteiger partial charge is 0.456 e. The van der Waals surface area contributed by atoms with E-state index < -0.39 is 0 Å². The van der Waals surface area contributed by atoms with Crippen molar-refractivity contribution in [3.8, 4) is 68.0 Å². The normalized spacial score (nSPS) is 12.1. The summed E-state index contributed by atoms with van der Waals surface area (Å²) < 4.78 is 18.6. The molecule has 0 amide bonds. The second kappa shape index (κ2) is 27.4. The van der Waals surface area contributed by atoms with Crippen molar-refractivity contribution in [3.05, 3.63) is 413 Å². The first-order valence-electron chi connectivity index (χ1n) is 42.8. The molecule has 0 unspecified atom stereocenters. The van der Waals surface area contributed by atoms with Crippen LogP contribution in [0.15, 0.2) is 417 Å². The Morgan fingerprint density at radius 1 is 0.190 bits per heavy atom. The summed E-state index contributed by atoms with van der Waals surface area (Å²) in [5.74, 6) is 1.40. The van der Waals surface area contributed by atoms with Crippen molar-refractivity contribution in [3.63, 3.8) is 0 Å². The summed E-state index contributed by atoms with van der Waals surface area (Å²) in [4.78, 5) is 21.4. The van der Waals surface area contributed by atoms with Gasteiger partial charge in [0.05, 0.1) is 89.3 Å². The molecule has 28 rings (SSSR count). The first-order valence-corrected chi connectivity index (χ1v) is 43.6. The van der Waals surface area contributed by atoms with Crippen molar-refractivity contribution in [2.75, 3.05) is 0 Å². The van der Waals surface area contributed by atoms with Gasteiger partial charge in [0.25, 0.3) is 0 Å². The highest BCUT2D eigenvalue weighted by molar-refractivity contribution is 7.26. The Bertz CT molecular complexity index is 8940. The highest BCUT2D eigenvalue weighted by atomic mass is 32.1. The molecule has 9 nitrogen and oxygen atoms in total. The molecule has 0 N–H and O–H groups in total. The Morgan fingerprint density at radius 2 is 0.524 bits per heavy atom. The molecule has 0 fully saturated rings. The molecule has 584 valence electrons. The van der Waals surface area contributed by atoms with Crippen LogP contribution in [-0.2, 0) is 0 Å². The fourth-order valence-corrected chi connectivity index (χ4v) is 22.0. The van der Waals surface area contributed by atoms with E-state index in [0.717, 1.165) is 133 Å². The van der Waals surface area contributed by atoms with Crippen LogP contribution in [0.25, 0.3) is 262 Å². The average Bonchev–Trinajstić information content (AvgIpc) is 1.52. The lowest BCUT2D eigenvalue weighted by molar-refractivity contribution is 0.669. The van der Waals surface area contributed by atoms with Crippen molar-refractivity contribution >= 4 is 206 Å².